The van der Waals surface area contributed by atoms with Crippen molar-refractivity contribution in [3.8, 4) is 0 Å². The molecule has 4 nitrogen and oxygen atoms in total. The average molecular weight is 238 g/mol. The molecule has 16 heavy (non-hydrogen) atoms. The second-order valence-electron chi connectivity index (χ2n) is 3.34. The monoisotopic (exact) mass is 238 g/mol. The number of nitrogens with two attached hydrogens (primary N) is 1. The van der Waals surface area contributed by atoms with Crippen LogP contribution < -0.4 is 11.1 Å². The maximum Gasteiger partial charge on any atom is 0.236 e. The first-order chi connectivity index (χ1) is 7.58. The molecule has 1 rings (SSSR count). The molecular formula is C11H14N2O2S. The largest absolute Gasteiger partial charge is 0.368 e. The summed E-state index contributed by atoms with van der Waals surface area (Å²) in [6.07, 6.45) is 0. The second-order valence-corrected chi connectivity index (χ2v) is 4.39. The van der Waals surface area contributed by atoms with Gasteiger partial charge in [-0.2, -0.15) is 0 Å². The lowest BCUT2D eigenvalue weighted by atomic mass is 10.2. The summed E-state index contributed by atoms with van der Waals surface area (Å²) < 4.78 is 0. The number of rotatable bonds is 5. The summed E-state index contributed by atoms with van der Waals surface area (Å²) >= 11 is 1.42. The highest BCUT2D eigenvalue weighted by Crippen LogP contribution is 2.17. The van der Waals surface area contributed by atoms with Crippen molar-refractivity contribution in [1.29, 1.82) is 0 Å². The number of carbonyl (C=O) groups excluding carboxylic acids is 2. The van der Waals surface area contributed by atoms with Crippen LogP contribution in [0.15, 0.2) is 29.2 Å². The van der Waals surface area contributed by atoms with Gasteiger partial charge in [-0.15, -0.1) is 11.8 Å². The molecule has 0 aliphatic rings. The average Bonchev–Trinajstić information content (AvgIpc) is 2.25. The van der Waals surface area contributed by atoms with Crippen LogP contribution >= 0.6 is 11.8 Å². The lowest BCUT2D eigenvalue weighted by Gasteiger charge is -2.03. The lowest BCUT2D eigenvalue weighted by Crippen LogP contribution is -2.34. The predicted molar refractivity (Wildman–Crippen MR) is 64.1 cm³/mol. The van der Waals surface area contributed by atoms with E-state index >= 15 is 0 Å². The van der Waals surface area contributed by atoms with E-state index in [4.69, 9.17) is 5.73 Å². The topological polar surface area (TPSA) is 72.2 Å². The van der Waals surface area contributed by atoms with Gasteiger partial charge in [-0.1, -0.05) is 17.7 Å². The van der Waals surface area contributed by atoms with Gasteiger partial charge in [0.15, 0.2) is 0 Å². The molecule has 0 aromatic heterocycles. The summed E-state index contributed by atoms with van der Waals surface area (Å²) in [4.78, 5) is 22.7. The molecule has 1 aromatic rings. The molecule has 0 unspecified atom stereocenters. The highest BCUT2D eigenvalue weighted by atomic mass is 32.2. The Kier molecular flexibility index (Phi) is 4.85. The minimum absolute atomic E-state index is 0.104. The van der Waals surface area contributed by atoms with Crippen molar-refractivity contribution in [3.05, 3.63) is 29.8 Å². The fraction of sp³-hybridized carbons (Fsp3) is 0.273. The number of nitrogens with one attached hydrogen (secondary N) is 1. The second kappa shape index (κ2) is 6.17. The summed E-state index contributed by atoms with van der Waals surface area (Å²) in [5.74, 6) is -0.436. The van der Waals surface area contributed by atoms with Crippen LogP contribution in [-0.4, -0.2) is 24.1 Å². The fourth-order valence-corrected chi connectivity index (χ4v) is 1.75. The first-order valence-corrected chi connectivity index (χ1v) is 5.81. The van der Waals surface area contributed by atoms with Gasteiger partial charge < -0.3 is 11.1 Å². The maximum atomic E-state index is 11.2. The van der Waals surface area contributed by atoms with Gasteiger partial charge in [-0.05, 0) is 19.1 Å². The molecule has 86 valence electrons. The molecule has 0 aliphatic heterocycles. The van der Waals surface area contributed by atoms with Crippen molar-refractivity contribution >= 4 is 23.6 Å². The molecule has 0 atom stereocenters. The van der Waals surface area contributed by atoms with Crippen molar-refractivity contribution < 1.29 is 9.59 Å². The van der Waals surface area contributed by atoms with Gasteiger partial charge in [0.05, 0.1) is 12.3 Å². The van der Waals surface area contributed by atoms with Gasteiger partial charge >= 0.3 is 0 Å². The number of amides is 2. The van der Waals surface area contributed by atoms with E-state index in [0.29, 0.717) is 0 Å². The van der Waals surface area contributed by atoms with Crippen LogP contribution in [0.4, 0.5) is 0 Å². The molecule has 1 aromatic carbocycles. The Morgan fingerprint density at radius 2 is 1.94 bits per heavy atom. The van der Waals surface area contributed by atoms with Gasteiger partial charge in [0.2, 0.25) is 11.8 Å². The number of hydrogen-bond acceptors (Lipinski definition) is 3. The molecule has 0 bridgehead atoms. The van der Waals surface area contributed by atoms with E-state index in [1.807, 2.05) is 31.2 Å². The first kappa shape index (κ1) is 12.6. The van der Waals surface area contributed by atoms with Gasteiger partial charge in [0, 0.05) is 4.90 Å². The Morgan fingerprint density at radius 3 is 2.50 bits per heavy atom. The zero-order chi connectivity index (χ0) is 12.0. The van der Waals surface area contributed by atoms with Gasteiger partial charge in [-0.3, -0.25) is 9.59 Å². The molecule has 5 heteroatoms. The SMILES string of the molecule is Cc1ccc(SCC(=O)NCC(N)=O)cc1. The van der Waals surface area contributed by atoms with Crippen LogP contribution in [-0.2, 0) is 9.59 Å². The minimum atomic E-state index is -0.534. The Morgan fingerprint density at radius 1 is 1.31 bits per heavy atom. The number of hydrogen-bond donors (Lipinski definition) is 2. The molecular weight excluding hydrogens is 224 g/mol. The number of thioether (sulfide) groups is 1. The molecule has 0 aliphatic carbocycles. The maximum absolute atomic E-state index is 11.2. The van der Waals surface area contributed by atoms with E-state index < -0.39 is 5.91 Å². The normalized spacial score (nSPS) is 9.81. The number of aryl methyl sites for hydroxylation is 1. The Balaban J connectivity index is 2.31. The zero-order valence-corrected chi connectivity index (χ0v) is 9.84. The van der Waals surface area contributed by atoms with Gasteiger partial charge in [0.1, 0.15) is 0 Å². The van der Waals surface area contributed by atoms with Gasteiger partial charge in [-0.25, -0.2) is 0 Å². The molecule has 0 saturated carbocycles. The summed E-state index contributed by atoms with van der Waals surface area (Å²) in [7, 11) is 0. The van der Waals surface area contributed by atoms with Crippen LogP contribution in [0, 0.1) is 6.92 Å². The molecule has 0 fully saturated rings. The fourth-order valence-electron chi connectivity index (χ4n) is 1.02. The quantitative estimate of drug-likeness (QED) is 0.741. The van der Waals surface area contributed by atoms with Gasteiger partial charge in [0.25, 0.3) is 0 Å². The molecule has 0 heterocycles. The molecule has 0 radical (unpaired) electrons. The van der Waals surface area contributed by atoms with E-state index in [1.54, 1.807) is 0 Å². The van der Waals surface area contributed by atoms with Crippen molar-refractivity contribution in [2.75, 3.05) is 12.3 Å². The predicted octanol–water partition coefficient (Wildman–Crippen LogP) is 0.689. The van der Waals surface area contributed by atoms with Crippen LogP contribution in [0.5, 0.6) is 0 Å². The standard InChI is InChI=1S/C11H14N2O2S/c1-8-2-4-9(5-3-8)16-7-11(15)13-6-10(12)14/h2-5H,6-7H2,1H3,(H2,12,14)(H,13,15). The minimum Gasteiger partial charge on any atom is -0.368 e. The summed E-state index contributed by atoms with van der Waals surface area (Å²) in [5.41, 5.74) is 6.09. The van der Waals surface area contributed by atoms with Crippen molar-refractivity contribution in [2.24, 2.45) is 5.73 Å². The van der Waals surface area contributed by atoms with E-state index in [2.05, 4.69) is 5.32 Å². The van der Waals surface area contributed by atoms with Crippen LogP contribution in [0.1, 0.15) is 5.56 Å². The van der Waals surface area contributed by atoms with Crippen LogP contribution in [0.25, 0.3) is 0 Å². The molecule has 0 spiro atoms. The summed E-state index contributed by atoms with van der Waals surface area (Å²) in [6.45, 7) is 1.90. The molecule has 3 N–H and O–H groups in total. The molecule has 0 saturated heterocycles. The lowest BCUT2D eigenvalue weighted by molar-refractivity contribution is -0.123. The van der Waals surface area contributed by atoms with E-state index in [9.17, 15) is 9.59 Å². The highest BCUT2D eigenvalue weighted by molar-refractivity contribution is 8.00. The Labute approximate surface area is 98.6 Å². The van der Waals surface area contributed by atoms with Crippen molar-refractivity contribution in [3.63, 3.8) is 0 Å². The highest BCUT2D eigenvalue weighted by Gasteiger charge is 2.03. The van der Waals surface area contributed by atoms with Crippen LogP contribution in [0.3, 0.4) is 0 Å². The molecule has 2 amide bonds. The third kappa shape index (κ3) is 4.84. The first-order valence-electron chi connectivity index (χ1n) is 4.82. The Bertz CT molecular complexity index is 376. The summed E-state index contributed by atoms with van der Waals surface area (Å²) in [5, 5.41) is 2.43. The van der Waals surface area contributed by atoms with Crippen molar-refractivity contribution in [1.82, 2.24) is 5.32 Å². The third-order valence-corrected chi connectivity index (χ3v) is 2.86. The van der Waals surface area contributed by atoms with E-state index in [1.165, 1.54) is 17.3 Å². The number of primary amides is 1. The third-order valence-electron chi connectivity index (χ3n) is 1.85. The van der Waals surface area contributed by atoms with Crippen LogP contribution in [0.2, 0.25) is 0 Å². The number of carbonyl (C=O) groups is 2. The summed E-state index contributed by atoms with van der Waals surface area (Å²) in [6, 6.07) is 7.90. The van der Waals surface area contributed by atoms with E-state index in [-0.39, 0.29) is 18.2 Å². The smallest absolute Gasteiger partial charge is 0.236 e. The van der Waals surface area contributed by atoms with Crippen molar-refractivity contribution in [2.45, 2.75) is 11.8 Å². The zero-order valence-electron chi connectivity index (χ0n) is 9.03. The van der Waals surface area contributed by atoms with E-state index in [0.717, 1.165) is 4.90 Å². The number of benzene rings is 1. The Hall–Kier alpha value is -1.49.